The highest BCUT2D eigenvalue weighted by Crippen LogP contribution is 2.39. The SMILES string of the molecule is CS(=O)(=O)c1cc(/N=N/c2ccc([N+](=O)[O-])cc2)c(O)c2ccccc12. The Kier molecular flexibility index (Phi) is 4.39. The molecule has 132 valence electrons. The van der Waals surface area contributed by atoms with Crippen molar-refractivity contribution in [1.82, 2.24) is 0 Å². The molecular formula is C17H13N3O5S. The van der Waals surface area contributed by atoms with Crippen LogP contribution in [0.2, 0.25) is 0 Å². The van der Waals surface area contributed by atoms with Crippen molar-refractivity contribution in [2.75, 3.05) is 6.26 Å². The fraction of sp³-hybridized carbons (Fsp3) is 0.0588. The van der Waals surface area contributed by atoms with E-state index in [0.717, 1.165) is 6.26 Å². The molecule has 26 heavy (non-hydrogen) atoms. The van der Waals surface area contributed by atoms with E-state index in [1.54, 1.807) is 24.3 Å². The number of aromatic hydroxyl groups is 1. The second kappa shape index (κ2) is 6.52. The average Bonchev–Trinajstić information content (AvgIpc) is 2.60. The van der Waals surface area contributed by atoms with Crippen LogP contribution in [0.5, 0.6) is 5.75 Å². The maximum atomic E-state index is 12.1. The number of non-ortho nitro benzene ring substituents is 1. The molecule has 0 saturated carbocycles. The average molecular weight is 371 g/mol. The van der Waals surface area contributed by atoms with Crippen LogP contribution in [0.15, 0.2) is 69.7 Å². The molecule has 3 rings (SSSR count). The molecule has 0 aliphatic heterocycles. The number of sulfone groups is 1. The third-order valence-electron chi connectivity index (χ3n) is 3.69. The molecule has 0 fully saturated rings. The summed E-state index contributed by atoms with van der Waals surface area (Å²) in [5.74, 6) is -0.196. The van der Waals surface area contributed by atoms with Crippen LogP contribution in [0, 0.1) is 10.1 Å². The quantitative estimate of drug-likeness (QED) is 0.417. The fourth-order valence-corrected chi connectivity index (χ4v) is 3.35. The van der Waals surface area contributed by atoms with Gasteiger partial charge in [0.15, 0.2) is 15.6 Å². The molecular weight excluding hydrogens is 358 g/mol. The Labute approximate surface area is 148 Å². The van der Waals surface area contributed by atoms with Crippen LogP contribution >= 0.6 is 0 Å². The Morgan fingerprint density at radius 3 is 2.19 bits per heavy atom. The van der Waals surface area contributed by atoms with Gasteiger partial charge in [-0.1, -0.05) is 24.3 Å². The molecule has 8 nitrogen and oxygen atoms in total. The summed E-state index contributed by atoms with van der Waals surface area (Å²) in [6, 6.07) is 13.1. The van der Waals surface area contributed by atoms with Gasteiger partial charge in [0.25, 0.3) is 5.69 Å². The minimum absolute atomic E-state index is 0.0116. The predicted octanol–water partition coefficient (Wildman–Crippen LogP) is 4.27. The Morgan fingerprint density at radius 1 is 1.00 bits per heavy atom. The molecule has 0 heterocycles. The Balaban J connectivity index is 2.10. The molecule has 3 aromatic rings. The van der Waals surface area contributed by atoms with Crippen molar-refractivity contribution < 1.29 is 18.4 Å². The van der Waals surface area contributed by atoms with Crippen LogP contribution in [0.4, 0.5) is 17.1 Å². The molecule has 0 amide bonds. The number of nitrogens with zero attached hydrogens (tertiary/aromatic N) is 3. The largest absolute Gasteiger partial charge is 0.505 e. The Hall–Kier alpha value is -3.33. The van der Waals surface area contributed by atoms with E-state index in [0.29, 0.717) is 16.5 Å². The van der Waals surface area contributed by atoms with E-state index in [9.17, 15) is 23.6 Å². The summed E-state index contributed by atoms with van der Waals surface area (Å²) in [5.41, 5.74) is 0.225. The fourth-order valence-electron chi connectivity index (χ4n) is 2.45. The monoisotopic (exact) mass is 371 g/mol. The second-order valence-corrected chi connectivity index (χ2v) is 7.52. The molecule has 0 spiro atoms. The molecule has 9 heteroatoms. The number of fused-ring (bicyclic) bond motifs is 1. The van der Waals surface area contributed by atoms with Gasteiger partial charge in [-0.15, -0.1) is 5.11 Å². The number of benzene rings is 3. The first-order valence-corrected chi connectivity index (χ1v) is 9.27. The smallest absolute Gasteiger partial charge is 0.269 e. The van der Waals surface area contributed by atoms with Crippen molar-refractivity contribution in [2.45, 2.75) is 4.90 Å². The highest BCUT2D eigenvalue weighted by molar-refractivity contribution is 7.91. The van der Waals surface area contributed by atoms with E-state index in [-0.39, 0.29) is 22.0 Å². The number of azo groups is 1. The van der Waals surface area contributed by atoms with Gasteiger partial charge < -0.3 is 5.11 Å². The zero-order valence-electron chi connectivity index (χ0n) is 13.5. The topological polar surface area (TPSA) is 122 Å². The Morgan fingerprint density at radius 2 is 1.62 bits per heavy atom. The van der Waals surface area contributed by atoms with Crippen molar-refractivity contribution in [2.24, 2.45) is 10.2 Å². The third kappa shape index (κ3) is 3.38. The summed E-state index contributed by atoms with van der Waals surface area (Å²) in [7, 11) is -3.55. The zero-order chi connectivity index (χ0) is 18.9. The van der Waals surface area contributed by atoms with Crippen molar-refractivity contribution in [3.05, 3.63) is 64.7 Å². The lowest BCUT2D eigenvalue weighted by Crippen LogP contribution is -1.98. The van der Waals surface area contributed by atoms with E-state index in [2.05, 4.69) is 10.2 Å². The molecule has 0 aromatic heterocycles. The minimum atomic E-state index is -3.55. The van der Waals surface area contributed by atoms with Gasteiger partial charge in [-0.2, -0.15) is 5.11 Å². The number of hydrogen-bond acceptors (Lipinski definition) is 7. The van der Waals surface area contributed by atoms with Gasteiger partial charge >= 0.3 is 0 Å². The molecule has 0 radical (unpaired) electrons. The molecule has 0 bridgehead atoms. The predicted molar refractivity (Wildman–Crippen MR) is 96.0 cm³/mol. The van der Waals surface area contributed by atoms with Crippen molar-refractivity contribution in [1.29, 1.82) is 0 Å². The Bertz CT molecular complexity index is 1140. The number of phenolic OH excluding ortho intramolecular Hbond substituents is 1. The normalized spacial score (nSPS) is 11.9. The molecule has 0 atom stereocenters. The van der Waals surface area contributed by atoms with Gasteiger partial charge in [-0.05, 0) is 18.2 Å². The summed E-state index contributed by atoms with van der Waals surface area (Å²) in [5, 5.41) is 29.6. The molecule has 0 saturated heterocycles. The van der Waals surface area contributed by atoms with Crippen LogP contribution in [0.3, 0.4) is 0 Å². The maximum Gasteiger partial charge on any atom is 0.269 e. The first-order chi connectivity index (χ1) is 12.3. The summed E-state index contributed by atoms with van der Waals surface area (Å²) in [6.07, 6.45) is 1.07. The van der Waals surface area contributed by atoms with Crippen LogP contribution < -0.4 is 0 Å². The van der Waals surface area contributed by atoms with E-state index in [1.807, 2.05) is 0 Å². The van der Waals surface area contributed by atoms with Crippen LogP contribution in [0.25, 0.3) is 10.8 Å². The van der Waals surface area contributed by atoms with Crippen LogP contribution in [-0.2, 0) is 9.84 Å². The number of nitro groups is 1. The lowest BCUT2D eigenvalue weighted by atomic mass is 10.1. The number of rotatable bonds is 4. The lowest BCUT2D eigenvalue weighted by Gasteiger charge is -2.08. The zero-order valence-corrected chi connectivity index (χ0v) is 14.3. The van der Waals surface area contributed by atoms with Gasteiger partial charge in [-0.25, -0.2) is 8.42 Å². The van der Waals surface area contributed by atoms with Gasteiger partial charge in [0.1, 0.15) is 5.69 Å². The number of hydrogen-bond donors (Lipinski definition) is 1. The van der Waals surface area contributed by atoms with E-state index in [1.165, 1.54) is 30.3 Å². The van der Waals surface area contributed by atoms with Gasteiger partial charge in [0.2, 0.25) is 0 Å². The molecule has 0 aliphatic rings. The van der Waals surface area contributed by atoms with Crippen LogP contribution in [0.1, 0.15) is 0 Å². The lowest BCUT2D eigenvalue weighted by molar-refractivity contribution is -0.384. The van der Waals surface area contributed by atoms with Crippen molar-refractivity contribution in [3.8, 4) is 5.75 Å². The third-order valence-corrected chi connectivity index (χ3v) is 4.83. The highest BCUT2D eigenvalue weighted by atomic mass is 32.2. The molecule has 3 aromatic carbocycles. The van der Waals surface area contributed by atoms with Gasteiger partial charge in [-0.3, -0.25) is 10.1 Å². The van der Waals surface area contributed by atoms with Crippen LogP contribution in [-0.4, -0.2) is 24.7 Å². The molecule has 0 aliphatic carbocycles. The van der Waals surface area contributed by atoms with Gasteiger partial charge in [0.05, 0.1) is 15.5 Å². The van der Waals surface area contributed by atoms with E-state index in [4.69, 9.17) is 0 Å². The second-order valence-electron chi connectivity index (χ2n) is 5.53. The van der Waals surface area contributed by atoms with Crippen molar-refractivity contribution in [3.63, 3.8) is 0 Å². The number of nitro benzene ring substituents is 1. The van der Waals surface area contributed by atoms with Crippen molar-refractivity contribution >= 4 is 37.7 Å². The van der Waals surface area contributed by atoms with Gasteiger partial charge in [0, 0.05) is 29.2 Å². The summed E-state index contributed by atoms with van der Waals surface area (Å²) >= 11 is 0. The van der Waals surface area contributed by atoms with E-state index >= 15 is 0 Å². The first-order valence-electron chi connectivity index (χ1n) is 7.38. The number of phenols is 1. The summed E-state index contributed by atoms with van der Waals surface area (Å²) in [4.78, 5) is 10.2. The maximum absolute atomic E-state index is 12.1. The first kappa shape index (κ1) is 17.5. The summed E-state index contributed by atoms with van der Waals surface area (Å²) in [6.45, 7) is 0. The standard InChI is InChI=1S/C17H13N3O5S/c1-26(24,25)16-10-15(17(21)14-5-3-2-4-13(14)16)19-18-11-6-8-12(9-7-11)20(22)23/h2-10,21H,1H3/b19-18+. The molecule has 1 N–H and O–H groups in total. The van der Waals surface area contributed by atoms with E-state index < -0.39 is 14.8 Å². The molecule has 0 unspecified atom stereocenters. The minimum Gasteiger partial charge on any atom is -0.505 e. The highest BCUT2D eigenvalue weighted by Gasteiger charge is 2.17. The summed E-state index contributed by atoms with van der Waals surface area (Å²) < 4.78 is 24.1.